The van der Waals surface area contributed by atoms with E-state index >= 15 is 0 Å². The van der Waals surface area contributed by atoms with E-state index < -0.39 is 0 Å². The van der Waals surface area contributed by atoms with E-state index in [2.05, 4.69) is 28.8 Å². The van der Waals surface area contributed by atoms with Gasteiger partial charge in [-0.3, -0.25) is 0 Å². The third-order valence-electron chi connectivity index (χ3n) is 2.41. The van der Waals surface area contributed by atoms with Crippen LogP contribution in [0.1, 0.15) is 13.3 Å². The predicted octanol–water partition coefficient (Wildman–Crippen LogP) is 3.98. The number of nitrogens with one attached hydrogen (secondary N) is 2. The zero-order chi connectivity index (χ0) is 12.8. The van der Waals surface area contributed by atoms with Gasteiger partial charge in [-0.15, -0.1) is 0 Å². The van der Waals surface area contributed by atoms with Crippen molar-refractivity contribution >= 4 is 46.6 Å². The lowest BCUT2D eigenvalue weighted by Gasteiger charge is -2.12. The molecule has 0 radical (unpaired) electrons. The van der Waals surface area contributed by atoms with Crippen molar-refractivity contribution in [2.45, 2.75) is 18.6 Å². The van der Waals surface area contributed by atoms with Gasteiger partial charge in [0.05, 0.1) is 10.0 Å². The molecule has 2 N–H and O–H groups in total. The van der Waals surface area contributed by atoms with Gasteiger partial charge in [-0.05, 0) is 18.7 Å². The number of halogens is 2. The summed E-state index contributed by atoms with van der Waals surface area (Å²) >= 11 is 13.9. The van der Waals surface area contributed by atoms with E-state index in [0.29, 0.717) is 26.9 Å². The molecular formula is C11H17Cl2N3S. The Kier molecular flexibility index (Phi) is 6.23. The van der Waals surface area contributed by atoms with Gasteiger partial charge in [0.15, 0.2) is 0 Å². The second-order valence-corrected chi connectivity index (χ2v) is 5.75. The molecule has 6 heteroatoms. The zero-order valence-corrected chi connectivity index (χ0v) is 12.5. The Hall–Kier alpha value is -0.320. The van der Waals surface area contributed by atoms with Crippen LogP contribution >= 0.6 is 35.0 Å². The average molecular weight is 294 g/mol. The first-order chi connectivity index (χ1) is 8.08. The highest BCUT2D eigenvalue weighted by Gasteiger charge is 2.08. The number of nitrogens with zero attached hydrogens (tertiary/aromatic N) is 1. The minimum absolute atomic E-state index is 0.528. The minimum atomic E-state index is 0.528. The van der Waals surface area contributed by atoms with E-state index in [0.717, 1.165) is 13.0 Å². The second kappa shape index (κ2) is 7.19. The third kappa shape index (κ3) is 4.45. The van der Waals surface area contributed by atoms with Gasteiger partial charge >= 0.3 is 0 Å². The van der Waals surface area contributed by atoms with Crippen LogP contribution in [0.25, 0.3) is 0 Å². The highest BCUT2D eigenvalue weighted by Crippen LogP contribution is 2.28. The average Bonchev–Trinajstić information content (AvgIpc) is 2.31. The Morgan fingerprint density at radius 2 is 2.00 bits per heavy atom. The van der Waals surface area contributed by atoms with Gasteiger partial charge in [-0.1, -0.05) is 30.1 Å². The van der Waals surface area contributed by atoms with Gasteiger partial charge in [0.25, 0.3) is 0 Å². The normalized spacial score (nSPS) is 12.3. The van der Waals surface area contributed by atoms with Crippen LogP contribution in [-0.4, -0.2) is 30.1 Å². The first-order valence-corrected chi connectivity index (χ1v) is 7.43. The quantitative estimate of drug-likeness (QED) is 0.832. The fraction of sp³-hybridized carbons (Fsp3) is 0.545. The van der Waals surface area contributed by atoms with Gasteiger partial charge in [-0.25, -0.2) is 4.98 Å². The zero-order valence-electron chi connectivity index (χ0n) is 10.2. The van der Waals surface area contributed by atoms with E-state index in [1.165, 1.54) is 0 Å². The Balaban J connectivity index is 2.64. The van der Waals surface area contributed by atoms with E-state index in [1.54, 1.807) is 13.1 Å². The van der Waals surface area contributed by atoms with Gasteiger partial charge in [0.2, 0.25) is 0 Å². The number of pyridine rings is 1. The molecule has 0 saturated carbocycles. The van der Waals surface area contributed by atoms with Crippen LogP contribution in [0.4, 0.5) is 11.6 Å². The lowest BCUT2D eigenvalue weighted by molar-refractivity contribution is 0.850. The molecule has 1 heterocycles. The van der Waals surface area contributed by atoms with Crippen molar-refractivity contribution in [2.75, 3.05) is 30.5 Å². The Labute approximate surface area is 117 Å². The van der Waals surface area contributed by atoms with Crippen molar-refractivity contribution in [3.8, 4) is 0 Å². The third-order valence-corrected chi connectivity index (χ3v) is 4.03. The number of thioether (sulfide) groups is 1. The molecule has 1 aromatic rings. The van der Waals surface area contributed by atoms with Crippen LogP contribution in [0, 0.1) is 0 Å². The molecule has 17 heavy (non-hydrogen) atoms. The molecule has 0 saturated heterocycles. The van der Waals surface area contributed by atoms with Gasteiger partial charge in [-0.2, -0.15) is 11.8 Å². The lowest BCUT2D eigenvalue weighted by Crippen LogP contribution is -2.10. The summed E-state index contributed by atoms with van der Waals surface area (Å²) in [7, 11) is 1.78. The maximum atomic E-state index is 6.07. The predicted molar refractivity (Wildman–Crippen MR) is 79.9 cm³/mol. The van der Waals surface area contributed by atoms with Crippen molar-refractivity contribution in [2.24, 2.45) is 0 Å². The molecule has 1 rings (SSSR count). The fourth-order valence-corrected chi connectivity index (χ4v) is 2.15. The number of aromatic nitrogens is 1. The largest absolute Gasteiger partial charge is 0.372 e. The summed E-state index contributed by atoms with van der Waals surface area (Å²) in [6, 6.07) is 1.70. The molecule has 0 aliphatic carbocycles. The van der Waals surface area contributed by atoms with Gasteiger partial charge in [0.1, 0.15) is 11.6 Å². The van der Waals surface area contributed by atoms with E-state index in [4.69, 9.17) is 23.2 Å². The van der Waals surface area contributed by atoms with E-state index in [1.807, 2.05) is 11.8 Å². The van der Waals surface area contributed by atoms with Gasteiger partial charge < -0.3 is 10.6 Å². The molecule has 0 amide bonds. The lowest BCUT2D eigenvalue weighted by atomic mass is 10.3. The highest BCUT2D eigenvalue weighted by molar-refractivity contribution is 7.99. The Bertz CT molecular complexity index is 374. The van der Waals surface area contributed by atoms with Crippen molar-refractivity contribution in [1.82, 2.24) is 4.98 Å². The summed E-state index contributed by atoms with van der Waals surface area (Å²) in [6.45, 7) is 3.04. The number of hydrogen-bond acceptors (Lipinski definition) is 4. The molecule has 0 fully saturated rings. The standard InChI is InChI=1S/C11H17Cl2N3S/c1-7(17-3)4-5-15-11-9(13)6-8(12)10(14-2)16-11/h6-7H,4-5H2,1-3H3,(H2,14,15,16). The maximum Gasteiger partial charge on any atom is 0.147 e. The van der Waals surface area contributed by atoms with Crippen LogP contribution in [0.5, 0.6) is 0 Å². The summed E-state index contributed by atoms with van der Waals surface area (Å²) in [5, 5.41) is 7.85. The van der Waals surface area contributed by atoms with Crippen LogP contribution in [0.15, 0.2) is 6.07 Å². The minimum Gasteiger partial charge on any atom is -0.372 e. The number of rotatable bonds is 6. The molecule has 0 aliphatic heterocycles. The molecular weight excluding hydrogens is 277 g/mol. The summed E-state index contributed by atoms with van der Waals surface area (Å²) in [4.78, 5) is 4.32. The van der Waals surface area contributed by atoms with Crippen LogP contribution in [0.2, 0.25) is 10.0 Å². The van der Waals surface area contributed by atoms with E-state index in [-0.39, 0.29) is 0 Å². The summed E-state index contributed by atoms with van der Waals surface area (Å²) in [5.74, 6) is 1.31. The van der Waals surface area contributed by atoms with E-state index in [9.17, 15) is 0 Å². The van der Waals surface area contributed by atoms with Crippen LogP contribution < -0.4 is 10.6 Å². The smallest absolute Gasteiger partial charge is 0.147 e. The van der Waals surface area contributed by atoms with Crippen LogP contribution in [-0.2, 0) is 0 Å². The van der Waals surface area contributed by atoms with Gasteiger partial charge in [0, 0.05) is 18.8 Å². The molecule has 0 spiro atoms. The fourth-order valence-electron chi connectivity index (χ4n) is 1.28. The summed E-state index contributed by atoms with van der Waals surface area (Å²) in [6.07, 6.45) is 3.17. The first-order valence-electron chi connectivity index (χ1n) is 5.39. The molecule has 0 aromatic carbocycles. The highest BCUT2D eigenvalue weighted by atomic mass is 35.5. The monoisotopic (exact) mass is 293 g/mol. The molecule has 0 aliphatic rings. The topological polar surface area (TPSA) is 37.0 Å². The molecule has 96 valence electrons. The van der Waals surface area contributed by atoms with Crippen molar-refractivity contribution in [1.29, 1.82) is 0 Å². The van der Waals surface area contributed by atoms with Crippen molar-refractivity contribution in [3.05, 3.63) is 16.1 Å². The number of anilines is 2. The SMILES string of the molecule is CNc1nc(NCCC(C)SC)c(Cl)cc1Cl. The maximum absolute atomic E-state index is 6.07. The molecule has 1 unspecified atom stereocenters. The molecule has 1 aromatic heterocycles. The number of hydrogen-bond donors (Lipinski definition) is 2. The first kappa shape index (κ1) is 14.7. The van der Waals surface area contributed by atoms with Crippen molar-refractivity contribution in [3.63, 3.8) is 0 Å². The molecule has 3 nitrogen and oxygen atoms in total. The summed E-state index contributed by atoms with van der Waals surface area (Å²) in [5.41, 5.74) is 0. The van der Waals surface area contributed by atoms with Crippen LogP contribution in [0.3, 0.4) is 0 Å². The molecule has 0 bridgehead atoms. The molecule has 1 atom stereocenters. The second-order valence-electron chi connectivity index (χ2n) is 3.66. The van der Waals surface area contributed by atoms with Crippen molar-refractivity contribution < 1.29 is 0 Å². The Morgan fingerprint density at radius 3 is 2.59 bits per heavy atom. The Morgan fingerprint density at radius 1 is 1.35 bits per heavy atom. The summed E-state index contributed by atoms with van der Waals surface area (Å²) < 4.78 is 0.